The van der Waals surface area contributed by atoms with Gasteiger partial charge >= 0.3 is 5.97 Å². The van der Waals surface area contributed by atoms with Crippen LogP contribution in [0.4, 0.5) is 0 Å². The van der Waals surface area contributed by atoms with E-state index in [1.165, 1.54) is 14.0 Å². The number of hydrogen-bond donors (Lipinski definition) is 6. The Morgan fingerprint density at radius 2 is 1.89 bits per heavy atom. The van der Waals surface area contributed by atoms with Crippen molar-refractivity contribution in [2.75, 3.05) is 13.7 Å². The van der Waals surface area contributed by atoms with Crippen molar-refractivity contribution in [3.8, 4) is 0 Å². The summed E-state index contributed by atoms with van der Waals surface area (Å²) in [6, 6.07) is -0.867. The lowest BCUT2D eigenvalue weighted by Crippen LogP contribution is -2.55. The number of ether oxygens (including phenoxy) is 1. The average Bonchev–Trinajstić information content (AvgIpc) is 2.96. The summed E-state index contributed by atoms with van der Waals surface area (Å²) >= 11 is 0. The number of carboxylic acids is 1. The van der Waals surface area contributed by atoms with Gasteiger partial charge in [-0.05, 0) is 12.3 Å². The topological polar surface area (TPSA) is 167 Å². The number of carboxylic acid groups (broad SMARTS) is 1. The van der Waals surface area contributed by atoms with Crippen molar-refractivity contribution >= 4 is 23.7 Å². The molecule has 1 aliphatic rings. The minimum Gasteiger partial charge on any atom is -0.481 e. The molecule has 7 N–H and O–H groups in total. The van der Waals surface area contributed by atoms with Crippen LogP contribution in [0.25, 0.3) is 0 Å². The Morgan fingerprint density at radius 3 is 2.32 bits per heavy atom. The normalized spacial score (nSPS) is 25.2. The van der Waals surface area contributed by atoms with Gasteiger partial charge < -0.3 is 31.5 Å². The number of hydrogen-bond acceptors (Lipinski definition) is 5. The highest BCUT2D eigenvalue weighted by Crippen LogP contribution is 2.39. The molecule has 10 nitrogen and oxygen atoms in total. The lowest BCUT2D eigenvalue weighted by molar-refractivity contribution is -0.149. The van der Waals surface area contributed by atoms with Gasteiger partial charge in [-0.1, -0.05) is 26.7 Å². The van der Waals surface area contributed by atoms with Crippen molar-refractivity contribution < 1.29 is 24.2 Å². The number of nitrogens with one attached hydrogen (secondary N) is 4. The molecule has 0 radical (unpaired) electrons. The van der Waals surface area contributed by atoms with Gasteiger partial charge in [-0.3, -0.25) is 19.8 Å². The highest BCUT2D eigenvalue weighted by Gasteiger charge is 2.52. The Bertz CT molecular complexity index is 581. The largest absolute Gasteiger partial charge is 0.481 e. The third-order valence-electron chi connectivity index (χ3n) is 5.43. The molecule has 1 rings (SSSR count). The van der Waals surface area contributed by atoms with Crippen LogP contribution in [0.2, 0.25) is 0 Å². The van der Waals surface area contributed by atoms with Gasteiger partial charge in [0, 0.05) is 32.0 Å². The fraction of sp³-hybridized carbons (Fsp3) is 0.778. The SMILES string of the molecule is CCC(CC)[C@@H](NC(C)=O)[C@@H]1[C@H](OCC(=O)NC)[C@@H](C(=O)O)C[C@H]1NC(=N)N. The molecule has 160 valence electrons. The fourth-order valence-corrected chi connectivity index (χ4v) is 4.14. The second kappa shape index (κ2) is 10.8. The summed E-state index contributed by atoms with van der Waals surface area (Å²) in [5, 5.41) is 25.5. The number of likely N-dealkylation sites (N-methyl/N-ethyl adjacent to an activating group) is 1. The van der Waals surface area contributed by atoms with E-state index in [1.807, 2.05) is 13.8 Å². The number of guanidine groups is 1. The molecule has 1 aliphatic carbocycles. The van der Waals surface area contributed by atoms with E-state index < -0.39 is 30.0 Å². The summed E-state index contributed by atoms with van der Waals surface area (Å²) in [6.45, 7) is 5.12. The van der Waals surface area contributed by atoms with E-state index in [-0.39, 0.29) is 42.8 Å². The van der Waals surface area contributed by atoms with Gasteiger partial charge in [0.1, 0.15) is 6.61 Å². The van der Waals surface area contributed by atoms with E-state index in [0.717, 1.165) is 12.8 Å². The number of amides is 2. The third kappa shape index (κ3) is 6.08. The van der Waals surface area contributed by atoms with Crippen molar-refractivity contribution in [2.24, 2.45) is 23.5 Å². The molecule has 2 amide bonds. The summed E-state index contributed by atoms with van der Waals surface area (Å²) in [6.07, 6.45) is 0.896. The van der Waals surface area contributed by atoms with Gasteiger partial charge in [-0.15, -0.1) is 0 Å². The first kappa shape index (κ1) is 23.7. The average molecular weight is 399 g/mol. The Kier molecular flexibility index (Phi) is 9.17. The first-order valence-corrected chi connectivity index (χ1v) is 9.58. The minimum atomic E-state index is -1.05. The zero-order chi connectivity index (χ0) is 21.4. The van der Waals surface area contributed by atoms with E-state index in [0.29, 0.717) is 0 Å². The van der Waals surface area contributed by atoms with Gasteiger partial charge in [0.05, 0.1) is 12.0 Å². The molecule has 10 heteroatoms. The van der Waals surface area contributed by atoms with Gasteiger partial charge in [0.15, 0.2) is 5.96 Å². The maximum atomic E-state index is 11.9. The van der Waals surface area contributed by atoms with Gasteiger partial charge in [-0.25, -0.2) is 0 Å². The van der Waals surface area contributed by atoms with Crippen molar-refractivity contribution in [1.29, 1.82) is 5.41 Å². The minimum absolute atomic E-state index is 0.0730. The molecule has 1 saturated carbocycles. The van der Waals surface area contributed by atoms with Crippen LogP contribution in [-0.4, -0.2) is 60.7 Å². The quantitative estimate of drug-likeness (QED) is 0.215. The van der Waals surface area contributed by atoms with Crippen LogP contribution in [0.15, 0.2) is 0 Å². The summed E-state index contributed by atoms with van der Waals surface area (Å²) in [5.74, 6) is -3.22. The molecule has 0 aromatic rings. The van der Waals surface area contributed by atoms with E-state index in [1.54, 1.807) is 0 Å². The standard InChI is InChI=1S/C18H33N5O5/c1-5-10(6-2)15(22-9(3)24)14-12(23-18(19)20)7-11(17(26)27)16(14)28-8-13(25)21-4/h10-12,14-16H,5-8H2,1-4H3,(H,21,25)(H,22,24)(H,26,27)(H4,19,20,23)/t11-,12+,14+,15+,16+/m0/s1. The van der Waals surface area contributed by atoms with E-state index >= 15 is 0 Å². The maximum absolute atomic E-state index is 11.9. The van der Waals surface area contributed by atoms with Crippen LogP contribution >= 0.6 is 0 Å². The Hall–Kier alpha value is -2.36. The van der Waals surface area contributed by atoms with Crippen LogP contribution in [-0.2, 0) is 19.1 Å². The monoisotopic (exact) mass is 399 g/mol. The van der Waals surface area contributed by atoms with Crippen LogP contribution in [0, 0.1) is 23.2 Å². The number of aliphatic carboxylic acids is 1. The van der Waals surface area contributed by atoms with E-state index in [9.17, 15) is 19.5 Å². The molecule has 5 atom stereocenters. The number of nitrogens with two attached hydrogens (primary N) is 1. The smallest absolute Gasteiger partial charge is 0.309 e. The fourth-order valence-electron chi connectivity index (χ4n) is 4.14. The Morgan fingerprint density at radius 1 is 1.29 bits per heavy atom. The van der Waals surface area contributed by atoms with Crippen molar-refractivity contribution in [1.82, 2.24) is 16.0 Å². The molecule has 28 heavy (non-hydrogen) atoms. The molecule has 0 unspecified atom stereocenters. The van der Waals surface area contributed by atoms with Crippen molar-refractivity contribution in [2.45, 2.75) is 58.2 Å². The first-order chi connectivity index (χ1) is 13.2. The summed E-state index contributed by atoms with van der Waals surface area (Å²) in [4.78, 5) is 35.4. The van der Waals surface area contributed by atoms with E-state index in [4.69, 9.17) is 15.9 Å². The number of carbonyl (C=O) groups excluding carboxylic acids is 2. The zero-order valence-corrected chi connectivity index (χ0v) is 17.0. The molecule has 0 spiro atoms. The van der Waals surface area contributed by atoms with Crippen LogP contribution in [0.5, 0.6) is 0 Å². The summed E-state index contributed by atoms with van der Waals surface area (Å²) in [7, 11) is 1.47. The molecule has 0 saturated heterocycles. The predicted octanol–water partition coefficient (Wildman–Crippen LogP) is -0.369. The maximum Gasteiger partial charge on any atom is 0.309 e. The third-order valence-corrected chi connectivity index (χ3v) is 5.43. The van der Waals surface area contributed by atoms with Crippen LogP contribution in [0.3, 0.4) is 0 Å². The predicted molar refractivity (Wildman–Crippen MR) is 104 cm³/mol. The number of rotatable bonds is 10. The molecule has 0 aliphatic heterocycles. The molecule has 0 bridgehead atoms. The second-order valence-electron chi connectivity index (χ2n) is 7.17. The van der Waals surface area contributed by atoms with Crippen LogP contribution in [0.1, 0.15) is 40.0 Å². The molecule has 0 aromatic heterocycles. The summed E-state index contributed by atoms with van der Waals surface area (Å²) < 4.78 is 5.76. The molecule has 0 heterocycles. The highest BCUT2D eigenvalue weighted by atomic mass is 16.5. The Labute approximate surface area is 165 Å². The highest BCUT2D eigenvalue weighted by molar-refractivity contribution is 5.77. The molecule has 1 fully saturated rings. The number of carbonyl (C=O) groups is 3. The molecule has 0 aromatic carbocycles. The Balaban J connectivity index is 3.34. The zero-order valence-electron chi connectivity index (χ0n) is 17.0. The molecular weight excluding hydrogens is 366 g/mol. The van der Waals surface area contributed by atoms with Crippen LogP contribution < -0.4 is 21.7 Å². The summed E-state index contributed by atoms with van der Waals surface area (Å²) in [5.41, 5.74) is 5.52. The van der Waals surface area contributed by atoms with Gasteiger partial charge in [0.25, 0.3) is 0 Å². The van der Waals surface area contributed by atoms with Gasteiger partial charge in [-0.2, -0.15) is 0 Å². The molecular formula is C18H33N5O5. The van der Waals surface area contributed by atoms with E-state index in [2.05, 4.69) is 16.0 Å². The lowest BCUT2D eigenvalue weighted by atomic mass is 9.80. The first-order valence-electron chi connectivity index (χ1n) is 9.58. The van der Waals surface area contributed by atoms with Crippen molar-refractivity contribution in [3.63, 3.8) is 0 Å². The second-order valence-corrected chi connectivity index (χ2v) is 7.17. The lowest BCUT2D eigenvalue weighted by Gasteiger charge is -2.38. The van der Waals surface area contributed by atoms with Gasteiger partial charge in [0.2, 0.25) is 11.8 Å². The van der Waals surface area contributed by atoms with Crippen molar-refractivity contribution in [3.05, 3.63) is 0 Å².